The van der Waals surface area contributed by atoms with Crippen LogP contribution in [0.1, 0.15) is 52.5 Å². The summed E-state index contributed by atoms with van der Waals surface area (Å²) in [6, 6.07) is 24.6. The standard InChI is InChI=1S/C26H21NO2/c1-16-10-12-17(13-11-16)27-23(28)15-26(25(27)29)14-22-18-6-2-4-8-20(18)24(26)21-9-5-3-7-19(21)22/h2-13,22,24H,14-15H2,1H3/t22?,24?,26-/m0/s1. The molecule has 0 N–H and O–H groups in total. The summed E-state index contributed by atoms with van der Waals surface area (Å²) in [4.78, 5) is 28.5. The second-order valence-electron chi connectivity index (χ2n) is 8.65. The van der Waals surface area contributed by atoms with Gasteiger partial charge in [0.25, 0.3) is 0 Å². The Bertz CT molecular complexity index is 1130. The molecule has 4 aliphatic rings. The van der Waals surface area contributed by atoms with Crippen LogP contribution in [0, 0.1) is 12.3 Å². The topological polar surface area (TPSA) is 37.4 Å². The van der Waals surface area contributed by atoms with E-state index >= 15 is 0 Å². The van der Waals surface area contributed by atoms with E-state index in [4.69, 9.17) is 0 Å². The zero-order valence-electron chi connectivity index (χ0n) is 16.3. The summed E-state index contributed by atoms with van der Waals surface area (Å²) in [6.07, 6.45) is 0.988. The van der Waals surface area contributed by atoms with Crippen LogP contribution in [0.15, 0.2) is 72.8 Å². The van der Waals surface area contributed by atoms with Gasteiger partial charge < -0.3 is 0 Å². The lowest BCUT2D eigenvalue weighted by molar-refractivity contribution is -0.127. The van der Waals surface area contributed by atoms with Crippen LogP contribution in [-0.2, 0) is 9.59 Å². The van der Waals surface area contributed by atoms with E-state index in [1.54, 1.807) is 0 Å². The summed E-state index contributed by atoms with van der Waals surface area (Å²) in [5.74, 6) is -0.0133. The smallest absolute Gasteiger partial charge is 0.241 e. The highest BCUT2D eigenvalue weighted by molar-refractivity contribution is 6.23. The van der Waals surface area contributed by atoms with Crippen molar-refractivity contribution in [3.63, 3.8) is 0 Å². The number of benzene rings is 3. The van der Waals surface area contributed by atoms with Crippen molar-refractivity contribution in [1.29, 1.82) is 0 Å². The van der Waals surface area contributed by atoms with Crippen LogP contribution in [0.3, 0.4) is 0 Å². The fourth-order valence-electron chi connectivity index (χ4n) is 5.92. The van der Waals surface area contributed by atoms with E-state index in [0.29, 0.717) is 12.1 Å². The van der Waals surface area contributed by atoms with Crippen LogP contribution >= 0.6 is 0 Å². The SMILES string of the molecule is Cc1ccc(N2C(=O)C[C@]3(CC4c5ccccc5C3c3ccccc34)C2=O)cc1. The maximum Gasteiger partial charge on any atom is 0.241 e. The monoisotopic (exact) mass is 379 g/mol. The van der Waals surface area contributed by atoms with Crippen LogP contribution in [0.4, 0.5) is 5.69 Å². The highest BCUT2D eigenvalue weighted by Crippen LogP contribution is 2.64. The highest BCUT2D eigenvalue weighted by atomic mass is 16.2. The molecule has 3 nitrogen and oxygen atoms in total. The zero-order valence-corrected chi connectivity index (χ0v) is 16.3. The molecular weight excluding hydrogens is 358 g/mol. The number of hydrogen-bond donors (Lipinski definition) is 0. The fraction of sp³-hybridized carbons (Fsp3) is 0.231. The molecule has 7 rings (SSSR count). The maximum atomic E-state index is 13.9. The van der Waals surface area contributed by atoms with E-state index in [9.17, 15) is 9.59 Å². The molecule has 1 heterocycles. The van der Waals surface area contributed by atoms with Crippen LogP contribution in [0.25, 0.3) is 0 Å². The Hall–Kier alpha value is -3.20. The van der Waals surface area contributed by atoms with Crippen LogP contribution < -0.4 is 4.90 Å². The average molecular weight is 379 g/mol. The molecule has 1 spiro atoms. The van der Waals surface area contributed by atoms with Gasteiger partial charge in [-0.25, -0.2) is 0 Å². The van der Waals surface area contributed by atoms with Crippen molar-refractivity contribution in [3.05, 3.63) is 101 Å². The Morgan fingerprint density at radius 1 is 0.793 bits per heavy atom. The molecule has 1 atom stereocenters. The van der Waals surface area contributed by atoms with Crippen molar-refractivity contribution in [2.45, 2.75) is 31.6 Å². The van der Waals surface area contributed by atoms with E-state index < -0.39 is 5.41 Å². The van der Waals surface area contributed by atoms with Crippen molar-refractivity contribution < 1.29 is 9.59 Å². The normalized spacial score (nSPS) is 26.7. The number of anilines is 1. The number of carbonyl (C=O) groups excluding carboxylic acids is 2. The van der Waals surface area contributed by atoms with Gasteiger partial charge in [-0.05, 0) is 47.7 Å². The van der Waals surface area contributed by atoms with Crippen molar-refractivity contribution >= 4 is 17.5 Å². The Balaban J connectivity index is 1.54. The summed E-state index contributed by atoms with van der Waals surface area (Å²) in [5, 5.41) is 0. The molecule has 3 aromatic rings. The molecular formula is C26H21NO2. The lowest BCUT2D eigenvalue weighted by Crippen LogP contribution is -2.47. The predicted molar refractivity (Wildman–Crippen MR) is 112 cm³/mol. The van der Waals surface area contributed by atoms with Crippen molar-refractivity contribution in [2.24, 2.45) is 5.41 Å². The average Bonchev–Trinajstić information content (AvgIpc) is 2.98. The van der Waals surface area contributed by atoms with Crippen molar-refractivity contribution in [1.82, 2.24) is 0 Å². The first kappa shape index (κ1) is 16.7. The summed E-state index contributed by atoms with van der Waals surface area (Å²) >= 11 is 0. The number of hydrogen-bond acceptors (Lipinski definition) is 2. The molecule has 0 unspecified atom stereocenters. The van der Waals surface area contributed by atoms with Gasteiger partial charge in [-0.2, -0.15) is 0 Å². The molecule has 3 aromatic carbocycles. The van der Waals surface area contributed by atoms with E-state index in [1.807, 2.05) is 31.2 Å². The molecule has 142 valence electrons. The first-order valence-electron chi connectivity index (χ1n) is 10.2. The van der Waals surface area contributed by atoms with Gasteiger partial charge in [0.15, 0.2) is 0 Å². The summed E-state index contributed by atoms with van der Waals surface area (Å²) in [7, 11) is 0. The van der Waals surface area contributed by atoms with Gasteiger partial charge >= 0.3 is 0 Å². The number of nitrogens with zero attached hydrogens (tertiary/aromatic N) is 1. The zero-order chi connectivity index (χ0) is 19.8. The van der Waals surface area contributed by atoms with E-state index in [0.717, 1.165) is 5.56 Å². The fourth-order valence-corrected chi connectivity index (χ4v) is 5.92. The quantitative estimate of drug-likeness (QED) is 0.563. The minimum atomic E-state index is -0.685. The largest absolute Gasteiger partial charge is 0.274 e. The maximum absolute atomic E-state index is 13.9. The Labute approximate surface area is 170 Å². The number of rotatable bonds is 1. The first-order valence-corrected chi connectivity index (χ1v) is 10.2. The van der Waals surface area contributed by atoms with Crippen LogP contribution in [-0.4, -0.2) is 11.8 Å². The van der Waals surface area contributed by atoms with Gasteiger partial charge in [0.05, 0.1) is 11.1 Å². The molecule has 3 heteroatoms. The van der Waals surface area contributed by atoms with Crippen LogP contribution in [0.5, 0.6) is 0 Å². The predicted octanol–water partition coefficient (Wildman–Crippen LogP) is 4.93. The van der Waals surface area contributed by atoms with Gasteiger partial charge in [-0.3, -0.25) is 14.5 Å². The Morgan fingerprint density at radius 2 is 1.34 bits per heavy atom. The second kappa shape index (κ2) is 5.66. The van der Waals surface area contributed by atoms with Crippen LogP contribution in [0.2, 0.25) is 0 Å². The minimum absolute atomic E-state index is 0.0367. The molecule has 1 fully saturated rings. The molecule has 2 bridgehead atoms. The third kappa shape index (κ3) is 2.08. The molecule has 1 saturated heterocycles. The molecule has 0 saturated carbocycles. The molecule has 1 aliphatic heterocycles. The van der Waals surface area contributed by atoms with Gasteiger partial charge in [0.2, 0.25) is 11.8 Å². The van der Waals surface area contributed by atoms with Crippen molar-refractivity contribution in [2.75, 3.05) is 4.90 Å². The lowest BCUT2D eigenvalue weighted by Gasteiger charge is -2.50. The number of carbonyl (C=O) groups is 2. The molecule has 29 heavy (non-hydrogen) atoms. The Kier molecular flexibility index (Phi) is 3.27. The van der Waals surface area contributed by atoms with Crippen molar-refractivity contribution in [3.8, 4) is 0 Å². The summed E-state index contributed by atoms with van der Waals surface area (Å²) in [5.41, 5.74) is 6.18. The van der Waals surface area contributed by atoms with E-state index in [1.165, 1.54) is 27.2 Å². The molecule has 0 radical (unpaired) electrons. The second-order valence-corrected chi connectivity index (χ2v) is 8.65. The van der Waals surface area contributed by atoms with E-state index in [2.05, 4.69) is 48.5 Å². The molecule has 0 aromatic heterocycles. The lowest BCUT2D eigenvalue weighted by atomic mass is 9.51. The third-order valence-electron chi connectivity index (χ3n) is 7.12. The van der Waals surface area contributed by atoms with Gasteiger partial charge in [-0.1, -0.05) is 66.2 Å². The summed E-state index contributed by atoms with van der Waals surface area (Å²) < 4.78 is 0. The van der Waals surface area contributed by atoms with Gasteiger partial charge in [-0.15, -0.1) is 0 Å². The highest BCUT2D eigenvalue weighted by Gasteiger charge is 2.62. The molecule has 3 aliphatic carbocycles. The van der Waals surface area contributed by atoms with Gasteiger partial charge in [0, 0.05) is 18.3 Å². The van der Waals surface area contributed by atoms with Gasteiger partial charge in [0.1, 0.15) is 0 Å². The number of amides is 2. The minimum Gasteiger partial charge on any atom is -0.274 e. The molecule has 2 amide bonds. The Morgan fingerprint density at radius 3 is 1.93 bits per heavy atom. The third-order valence-corrected chi connectivity index (χ3v) is 7.12. The van der Waals surface area contributed by atoms with E-state index in [-0.39, 0.29) is 30.1 Å². The summed E-state index contributed by atoms with van der Waals surface area (Å²) in [6.45, 7) is 2.01. The number of imide groups is 1. The first-order chi connectivity index (χ1) is 14.1. The number of aryl methyl sites for hydroxylation is 1.